The van der Waals surface area contributed by atoms with Crippen LogP contribution in [-0.4, -0.2) is 25.1 Å². The van der Waals surface area contributed by atoms with Gasteiger partial charge in [0, 0.05) is 0 Å². The summed E-state index contributed by atoms with van der Waals surface area (Å²) in [5.41, 5.74) is 6.84. The molecule has 3 N–H and O–H groups in total. The molecule has 0 unspecified atom stereocenters. The molecule has 1 rings (SSSR count). The highest BCUT2D eigenvalue weighted by molar-refractivity contribution is 5.81. The number of nitrogens with two attached hydrogens (primary N) is 1. The van der Waals surface area contributed by atoms with Crippen LogP contribution in [-0.2, 0) is 4.79 Å². The van der Waals surface area contributed by atoms with Crippen LogP contribution < -0.4 is 15.8 Å². The van der Waals surface area contributed by atoms with Crippen molar-refractivity contribution in [2.45, 2.75) is 32.7 Å². The van der Waals surface area contributed by atoms with E-state index in [0.717, 1.165) is 17.7 Å². The minimum absolute atomic E-state index is 0.107. The van der Waals surface area contributed by atoms with Crippen molar-refractivity contribution in [1.29, 1.82) is 0 Å². The van der Waals surface area contributed by atoms with E-state index in [4.69, 9.17) is 10.5 Å². The molecule has 1 amide bonds. The zero-order chi connectivity index (χ0) is 13.4. The zero-order valence-electron chi connectivity index (χ0n) is 11.1. The van der Waals surface area contributed by atoms with Gasteiger partial charge in [-0.2, -0.15) is 0 Å². The van der Waals surface area contributed by atoms with E-state index in [2.05, 4.69) is 5.32 Å². The van der Waals surface area contributed by atoms with Crippen molar-refractivity contribution in [1.82, 2.24) is 5.32 Å². The fraction of sp³-hybridized carbons (Fsp3) is 0.500. The summed E-state index contributed by atoms with van der Waals surface area (Å²) >= 11 is 0. The molecule has 18 heavy (non-hydrogen) atoms. The first-order chi connectivity index (χ1) is 8.63. The maximum atomic E-state index is 11.5. The van der Waals surface area contributed by atoms with Gasteiger partial charge in [0.2, 0.25) is 5.91 Å². The summed E-state index contributed by atoms with van der Waals surface area (Å²) in [5, 5.41) is 2.76. The lowest BCUT2D eigenvalue weighted by atomic mass is 10.2. The molecule has 0 aliphatic heterocycles. The van der Waals surface area contributed by atoms with Crippen LogP contribution in [0, 0.1) is 6.92 Å². The van der Waals surface area contributed by atoms with E-state index < -0.39 is 6.04 Å². The van der Waals surface area contributed by atoms with E-state index in [1.807, 2.05) is 38.1 Å². The van der Waals surface area contributed by atoms with Gasteiger partial charge in [0.05, 0.1) is 12.6 Å². The van der Waals surface area contributed by atoms with Crippen molar-refractivity contribution in [3.05, 3.63) is 29.8 Å². The molecule has 0 aromatic heterocycles. The van der Waals surface area contributed by atoms with Gasteiger partial charge < -0.3 is 15.8 Å². The third kappa shape index (κ3) is 5.19. The van der Waals surface area contributed by atoms with Crippen LogP contribution in [0.25, 0.3) is 0 Å². The minimum atomic E-state index is -0.408. The number of benzene rings is 1. The molecule has 1 aromatic rings. The van der Waals surface area contributed by atoms with Crippen LogP contribution in [0.2, 0.25) is 0 Å². The number of hydrogen-bond donors (Lipinski definition) is 2. The van der Waals surface area contributed by atoms with E-state index in [0.29, 0.717) is 19.6 Å². The average molecular weight is 250 g/mol. The summed E-state index contributed by atoms with van der Waals surface area (Å²) in [5.74, 6) is 0.715. The maximum absolute atomic E-state index is 11.5. The first-order valence-electron chi connectivity index (χ1n) is 6.36. The van der Waals surface area contributed by atoms with Crippen LogP contribution in [0.5, 0.6) is 5.75 Å². The smallest absolute Gasteiger partial charge is 0.237 e. The van der Waals surface area contributed by atoms with Crippen LogP contribution >= 0.6 is 0 Å². The SMILES string of the molecule is CCC[C@H](N)C(=O)NCCOc1cccc(C)c1. The number of rotatable bonds is 7. The van der Waals surface area contributed by atoms with Crippen molar-refractivity contribution < 1.29 is 9.53 Å². The summed E-state index contributed by atoms with van der Waals surface area (Å²) in [6.45, 7) is 4.95. The van der Waals surface area contributed by atoms with Crippen LogP contribution in [0.15, 0.2) is 24.3 Å². The van der Waals surface area contributed by atoms with Gasteiger partial charge in [-0.1, -0.05) is 25.5 Å². The Morgan fingerprint density at radius 2 is 2.28 bits per heavy atom. The lowest BCUT2D eigenvalue weighted by molar-refractivity contribution is -0.122. The number of aryl methyl sites for hydroxylation is 1. The van der Waals surface area contributed by atoms with E-state index in [1.54, 1.807) is 0 Å². The molecule has 0 fully saturated rings. The third-order valence-corrected chi connectivity index (χ3v) is 2.60. The summed E-state index contributed by atoms with van der Waals surface area (Å²) in [7, 11) is 0. The number of nitrogens with one attached hydrogen (secondary N) is 1. The molecule has 0 heterocycles. The molecule has 1 aromatic carbocycles. The molecule has 0 aliphatic carbocycles. The standard InChI is InChI=1S/C14H22N2O2/c1-3-5-13(15)14(17)16-8-9-18-12-7-4-6-11(2)10-12/h4,6-7,10,13H,3,5,8-9,15H2,1-2H3,(H,16,17)/t13-/m0/s1. The molecule has 4 nitrogen and oxygen atoms in total. The van der Waals surface area contributed by atoms with Crippen molar-refractivity contribution in [2.75, 3.05) is 13.2 Å². The molecule has 0 saturated carbocycles. The van der Waals surface area contributed by atoms with E-state index >= 15 is 0 Å². The Morgan fingerprint density at radius 1 is 1.50 bits per heavy atom. The van der Waals surface area contributed by atoms with Gasteiger partial charge >= 0.3 is 0 Å². The minimum Gasteiger partial charge on any atom is -0.492 e. The quantitative estimate of drug-likeness (QED) is 0.723. The summed E-state index contributed by atoms with van der Waals surface area (Å²) in [6, 6.07) is 7.41. The lowest BCUT2D eigenvalue weighted by Gasteiger charge is -2.12. The Kier molecular flexibility index (Phi) is 6.22. The first-order valence-corrected chi connectivity index (χ1v) is 6.36. The van der Waals surface area contributed by atoms with Crippen LogP contribution in [0.4, 0.5) is 0 Å². The van der Waals surface area contributed by atoms with Gasteiger partial charge in [0.25, 0.3) is 0 Å². The van der Waals surface area contributed by atoms with Crippen molar-refractivity contribution >= 4 is 5.91 Å². The highest BCUT2D eigenvalue weighted by Crippen LogP contribution is 2.11. The Hall–Kier alpha value is -1.55. The summed E-state index contributed by atoms with van der Waals surface area (Å²) in [6.07, 6.45) is 1.62. The van der Waals surface area contributed by atoms with Gasteiger partial charge in [-0.05, 0) is 31.0 Å². The predicted octanol–water partition coefficient (Wildman–Crippen LogP) is 1.62. The Balaban J connectivity index is 2.21. The number of ether oxygens (including phenoxy) is 1. The fourth-order valence-corrected chi connectivity index (χ4v) is 1.62. The number of amides is 1. The van der Waals surface area contributed by atoms with Gasteiger partial charge in [0.1, 0.15) is 12.4 Å². The highest BCUT2D eigenvalue weighted by atomic mass is 16.5. The molecular weight excluding hydrogens is 228 g/mol. The topological polar surface area (TPSA) is 64.4 Å². The van der Waals surface area contributed by atoms with Crippen molar-refractivity contribution in [2.24, 2.45) is 5.73 Å². The molecule has 0 spiro atoms. The number of hydrogen-bond acceptors (Lipinski definition) is 3. The molecular formula is C14H22N2O2. The largest absolute Gasteiger partial charge is 0.492 e. The average Bonchev–Trinajstić information content (AvgIpc) is 2.35. The number of carbonyl (C=O) groups is 1. The Morgan fingerprint density at radius 3 is 2.94 bits per heavy atom. The van der Waals surface area contributed by atoms with E-state index in [9.17, 15) is 4.79 Å². The maximum Gasteiger partial charge on any atom is 0.237 e. The molecule has 0 aliphatic rings. The second-order valence-electron chi connectivity index (χ2n) is 4.35. The molecule has 0 bridgehead atoms. The molecule has 0 radical (unpaired) electrons. The van der Waals surface area contributed by atoms with Crippen molar-refractivity contribution in [3.8, 4) is 5.75 Å². The predicted molar refractivity (Wildman–Crippen MR) is 72.6 cm³/mol. The van der Waals surface area contributed by atoms with Gasteiger partial charge in [-0.3, -0.25) is 4.79 Å². The third-order valence-electron chi connectivity index (χ3n) is 2.60. The van der Waals surface area contributed by atoms with Gasteiger partial charge in [0.15, 0.2) is 0 Å². The molecule has 100 valence electrons. The fourth-order valence-electron chi connectivity index (χ4n) is 1.62. The van der Waals surface area contributed by atoms with E-state index in [1.165, 1.54) is 0 Å². The zero-order valence-corrected chi connectivity index (χ0v) is 11.1. The number of carbonyl (C=O) groups excluding carboxylic acids is 1. The highest BCUT2D eigenvalue weighted by Gasteiger charge is 2.10. The Bertz CT molecular complexity index is 380. The monoisotopic (exact) mass is 250 g/mol. The Labute approximate surface area is 109 Å². The first kappa shape index (κ1) is 14.5. The second-order valence-corrected chi connectivity index (χ2v) is 4.35. The summed E-state index contributed by atoms with van der Waals surface area (Å²) < 4.78 is 5.52. The van der Waals surface area contributed by atoms with Crippen LogP contribution in [0.3, 0.4) is 0 Å². The molecule has 1 atom stereocenters. The van der Waals surface area contributed by atoms with Gasteiger partial charge in [-0.25, -0.2) is 0 Å². The lowest BCUT2D eigenvalue weighted by Crippen LogP contribution is -2.41. The summed E-state index contributed by atoms with van der Waals surface area (Å²) in [4.78, 5) is 11.5. The van der Waals surface area contributed by atoms with Gasteiger partial charge in [-0.15, -0.1) is 0 Å². The normalized spacial score (nSPS) is 11.9. The van der Waals surface area contributed by atoms with E-state index in [-0.39, 0.29) is 5.91 Å². The van der Waals surface area contributed by atoms with Crippen molar-refractivity contribution in [3.63, 3.8) is 0 Å². The van der Waals surface area contributed by atoms with Crippen LogP contribution in [0.1, 0.15) is 25.3 Å². The molecule has 0 saturated heterocycles. The second kappa shape index (κ2) is 7.71. The molecule has 4 heteroatoms.